The molecule has 0 aromatic carbocycles. The van der Waals surface area contributed by atoms with Gasteiger partial charge in [-0.3, -0.25) is 0 Å². The molecular weight excluding hydrogens is 368 g/mol. The minimum Gasteiger partial charge on any atom is -0.497 e. The summed E-state index contributed by atoms with van der Waals surface area (Å²) in [4.78, 5) is 0. The summed E-state index contributed by atoms with van der Waals surface area (Å²) in [6.45, 7) is 25.3. The predicted octanol–water partition coefficient (Wildman–Crippen LogP) is 9.24. The van der Waals surface area contributed by atoms with Gasteiger partial charge in [0.2, 0.25) is 0 Å². The van der Waals surface area contributed by atoms with Crippen molar-refractivity contribution in [3.8, 4) is 0 Å². The SMILES string of the molecule is C=C.CC.CC.C\C=C/C(=C\C=C\CCOC(/C=C\C)CC(C=C(C)C)CC)OC. The zero-order valence-corrected chi connectivity index (χ0v) is 21.8. The molecule has 2 atom stereocenters. The second-order valence-corrected chi connectivity index (χ2v) is 6.07. The van der Waals surface area contributed by atoms with Crippen LogP contribution in [0.4, 0.5) is 0 Å². The van der Waals surface area contributed by atoms with Crippen LogP contribution in [-0.2, 0) is 9.47 Å². The predicted molar refractivity (Wildman–Crippen MR) is 140 cm³/mol. The van der Waals surface area contributed by atoms with Crippen molar-refractivity contribution in [3.63, 3.8) is 0 Å². The fourth-order valence-electron chi connectivity index (χ4n) is 2.44. The summed E-state index contributed by atoms with van der Waals surface area (Å²) < 4.78 is 11.3. The van der Waals surface area contributed by atoms with Gasteiger partial charge in [0.05, 0.1) is 19.8 Å². The van der Waals surface area contributed by atoms with Gasteiger partial charge in [0.25, 0.3) is 0 Å². The van der Waals surface area contributed by atoms with E-state index in [2.05, 4.69) is 65.2 Å². The molecule has 0 saturated carbocycles. The van der Waals surface area contributed by atoms with Crippen LogP contribution < -0.4 is 0 Å². The zero-order chi connectivity index (χ0) is 24.2. The van der Waals surface area contributed by atoms with Crippen molar-refractivity contribution >= 4 is 0 Å². The van der Waals surface area contributed by atoms with Gasteiger partial charge >= 0.3 is 0 Å². The van der Waals surface area contributed by atoms with E-state index >= 15 is 0 Å². The van der Waals surface area contributed by atoms with Crippen molar-refractivity contribution in [3.05, 3.63) is 73.1 Å². The number of allylic oxidation sites excluding steroid dienone is 7. The van der Waals surface area contributed by atoms with Gasteiger partial charge in [-0.15, -0.1) is 13.2 Å². The fraction of sp³-hybridized carbons (Fsp3) is 0.571. The minimum absolute atomic E-state index is 0.192. The normalized spacial score (nSPS) is 12.8. The summed E-state index contributed by atoms with van der Waals surface area (Å²) in [5.74, 6) is 1.44. The molecule has 0 fully saturated rings. The van der Waals surface area contributed by atoms with Crippen molar-refractivity contribution in [2.45, 2.75) is 87.7 Å². The van der Waals surface area contributed by atoms with E-state index in [-0.39, 0.29) is 6.10 Å². The number of rotatable bonds is 12. The van der Waals surface area contributed by atoms with E-state index in [1.807, 2.05) is 58.9 Å². The Morgan fingerprint density at radius 3 is 2.03 bits per heavy atom. The van der Waals surface area contributed by atoms with E-state index < -0.39 is 0 Å². The van der Waals surface area contributed by atoms with Crippen LogP contribution in [0, 0.1) is 5.92 Å². The van der Waals surface area contributed by atoms with Gasteiger partial charge in [-0.05, 0) is 65.0 Å². The van der Waals surface area contributed by atoms with Crippen molar-refractivity contribution < 1.29 is 9.47 Å². The van der Waals surface area contributed by atoms with Crippen molar-refractivity contribution in [1.29, 1.82) is 0 Å². The van der Waals surface area contributed by atoms with Crippen molar-refractivity contribution in [2.75, 3.05) is 13.7 Å². The molecule has 0 aliphatic rings. The molecule has 0 aromatic rings. The summed E-state index contributed by atoms with van der Waals surface area (Å²) in [6, 6.07) is 0. The maximum absolute atomic E-state index is 6.04. The Bertz CT molecular complexity index is 463. The summed E-state index contributed by atoms with van der Waals surface area (Å²) in [5, 5.41) is 0. The molecule has 0 spiro atoms. The summed E-state index contributed by atoms with van der Waals surface area (Å²) in [5.41, 5.74) is 1.38. The molecule has 0 amide bonds. The first-order valence-electron chi connectivity index (χ1n) is 11.5. The molecule has 176 valence electrons. The molecule has 0 aliphatic carbocycles. The number of hydrogen-bond donors (Lipinski definition) is 0. The van der Waals surface area contributed by atoms with Crippen molar-refractivity contribution in [1.82, 2.24) is 0 Å². The second-order valence-electron chi connectivity index (χ2n) is 6.07. The van der Waals surface area contributed by atoms with Gasteiger partial charge in [-0.2, -0.15) is 0 Å². The fourth-order valence-corrected chi connectivity index (χ4v) is 2.44. The van der Waals surface area contributed by atoms with Gasteiger partial charge in [-0.25, -0.2) is 0 Å². The first-order valence-corrected chi connectivity index (χ1v) is 11.5. The Morgan fingerprint density at radius 2 is 1.60 bits per heavy atom. The number of ether oxygens (including phenoxy) is 2. The van der Waals surface area contributed by atoms with E-state index in [9.17, 15) is 0 Å². The molecule has 0 heterocycles. The lowest BCUT2D eigenvalue weighted by Crippen LogP contribution is -2.15. The third-order valence-corrected chi connectivity index (χ3v) is 3.62. The van der Waals surface area contributed by atoms with Crippen molar-refractivity contribution in [2.24, 2.45) is 5.92 Å². The van der Waals surface area contributed by atoms with Gasteiger partial charge in [0, 0.05) is 0 Å². The highest BCUT2D eigenvalue weighted by Crippen LogP contribution is 2.18. The minimum atomic E-state index is 0.192. The highest BCUT2D eigenvalue weighted by molar-refractivity contribution is 5.17. The van der Waals surface area contributed by atoms with E-state index in [1.54, 1.807) is 7.11 Å². The smallest absolute Gasteiger partial charge is 0.118 e. The molecule has 2 heteroatoms. The monoisotopic (exact) mass is 420 g/mol. The number of hydrogen-bond acceptors (Lipinski definition) is 2. The topological polar surface area (TPSA) is 18.5 Å². The summed E-state index contributed by atoms with van der Waals surface area (Å²) >= 11 is 0. The van der Waals surface area contributed by atoms with Crippen LogP contribution in [0.15, 0.2) is 73.1 Å². The third kappa shape index (κ3) is 26.2. The lowest BCUT2D eigenvalue weighted by Gasteiger charge is -2.19. The maximum Gasteiger partial charge on any atom is 0.118 e. The highest BCUT2D eigenvalue weighted by atomic mass is 16.5. The molecule has 2 nitrogen and oxygen atoms in total. The molecule has 0 saturated heterocycles. The van der Waals surface area contributed by atoms with Crippen LogP contribution >= 0.6 is 0 Å². The van der Waals surface area contributed by atoms with Gasteiger partial charge in [0.1, 0.15) is 5.76 Å². The standard InChI is InChI=1S/C22H36O2.2C2H6.C2H4/c1-7-13-21(23-6)15-11-10-12-16-24-22(14-8-2)18-20(9-3)17-19(4)5;3*1-2/h7-8,10-11,13-15,17,20,22H,9,12,16,18H2,1-6H3;2*1-2H3;1-2H2/b11-10+,13-7-,14-8-,21-15+;;;. The van der Waals surface area contributed by atoms with E-state index in [4.69, 9.17) is 9.47 Å². The molecule has 0 rings (SSSR count). The van der Waals surface area contributed by atoms with Crippen LogP contribution in [-0.4, -0.2) is 19.8 Å². The highest BCUT2D eigenvalue weighted by Gasteiger charge is 2.11. The second kappa shape index (κ2) is 31.9. The van der Waals surface area contributed by atoms with Crippen LogP contribution in [0.25, 0.3) is 0 Å². The Morgan fingerprint density at radius 1 is 1.00 bits per heavy atom. The van der Waals surface area contributed by atoms with Gasteiger partial charge in [0.15, 0.2) is 0 Å². The Balaban J connectivity index is -0.000000512. The van der Waals surface area contributed by atoms with Gasteiger partial charge < -0.3 is 9.47 Å². The molecular formula is C28H52O2. The molecule has 0 aliphatic heterocycles. The average Bonchev–Trinajstić information content (AvgIpc) is 2.78. The molecule has 0 aromatic heterocycles. The zero-order valence-electron chi connectivity index (χ0n) is 21.8. The Labute approximate surface area is 190 Å². The first kappa shape index (κ1) is 35.6. The molecule has 0 bridgehead atoms. The maximum atomic E-state index is 6.04. The molecule has 30 heavy (non-hydrogen) atoms. The summed E-state index contributed by atoms with van der Waals surface area (Å²) in [7, 11) is 1.68. The van der Waals surface area contributed by atoms with Crippen LogP contribution in [0.3, 0.4) is 0 Å². The Kier molecular flexibility index (Phi) is 37.9. The van der Waals surface area contributed by atoms with Gasteiger partial charge in [-0.1, -0.05) is 76.6 Å². The van der Waals surface area contributed by atoms with Crippen LogP contribution in [0.2, 0.25) is 0 Å². The average molecular weight is 421 g/mol. The third-order valence-electron chi connectivity index (χ3n) is 3.62. The van der Waals surface area contributed by atoms with E-state index in [1.165, 1.54) is 5.57 Å². The Hall–Kier alpha value is -1.80. The van der Waals surface area contributed by atoms with E-state index in [0.717, 1.165) is 31.6 Å². The molecule has 0 radical (unpaired) electrons. The largest absolute Gasteiger partial charge is 0.497 e. The van der Waals surface area contributed by atoms with Crippen LogP contribution in [0.5, 0.6) is 0 Å². The lowest BCUT2D eigenvalue weighted by atomic mass is 9.96. The molecule has 2 unspecified atom stereocenters. The summed E-state index contributed by atoms with van der Waals surface area (Å²) in [6.07, 6.45) is 19.9. The first-order chi connectivity index (χ1) is 14.6. The molecule has 0 N–H and O–H groups in total. The quantitative estimate of drug-likeness (QED) is 0.135. The lowest BCUT2D eigenvalue weighted by molar-refractivity contribution is 0.0749. The van der Waals surface area contributed by atoms with Crippen LogP contribution in [0.1, 0.15) is 81.6 Å². The van der Waals surface area contributed by atoms with E-state index in [0.29, 0.717) is 5.92 Å². The number of methoxy groups -OCH3 is 1.